The predicted octanol–water partition coefficient (Wildman–Crippen LogP) is -1.08. The molecular formula is C26H42N7O19P3S. The van der Waals surface area contributed by atoms with Gasteiger partial charge in [-0.2, -0.15) is 4.31 Å². The number of carbonyl (C=O) groups is 4. The number of nitrogens with two attached hydrogens (primary N) is 1. The summed E-state index contributed by atoms with van der Waals surface area (Å²) in [7, 11) is -16.4. The number of phosphoric acid groups is 3. The standard InChI is InChI=1S/C26H42N7O19P3S/c1-26(2,21(39)24(40)29-7-6-15(34)28-8-9-56-17(37)5-3-4-16(35)36)11-49-55(46,47)52-54(44,45)48-10-14-20(51-53(41,42)43)19(38)25(50-14)33-13-32-18-22(27)30-12-31-23(18)33/h12-14,19-21,25,38-39H,3-11H2,1-2H3,(H,28,34)(H,29,40)(H,35,36)(H,44,45)(H,46,47)(H2,27,30,31)(H2,41,42,43). The summed E-state index contributed by atoms with van der Waals surface area (Å²) in [6.45, 7) is 0.273. The zero-order valence-corrected chi connectivity index (χ0v) is 33.1. The molecule has 30 heteroatoms. The summed E-state index contributed by atoms with van der Waals surface area (Å²) in [5.41, 5.74) is 4.21. The van der Waals surface area contributed by atoms with Gasteiger partial charge in [0.1, 0.15) is 36.3 Å². The van der Waals surface area contributed by atoms with Crippen molar-refractivity contribution in [3.8, 4) is 0 Å². The Morgan fingerprint density at radius 1 is 1.02 bits per heavy atom. The summed E-state index contributed by atoms with van der Waals surface area (Å²) in [5.74, 6) is -2.33. The molecule has 11 N–H and O–H groups in total. The molecule has 0 aliphatic carbocycles. The molecule has 2 aromatic heterocycles. The second-order valence-corrected chi connectivity index (χ2v) is 17.9. The lowest BCUT2D eigenvalue weighted by Gasteiger charge is -2.30. The van der Waals surface area contributed by atoms with E-state index in [0.29, 0.717) is 0 Å². The van der Waals surface area contributed by atoms with E-state index in [4.69, 9.17) is 24.6 Å². The Morgan fingerprint density at radius 3 is 2.36 bits per heavy atom. The molecule has 1 aliphatic heterocycles. The van der Waals surface area contributed by atoms with E-state index in [-0.39, 0.29) is 66.6 Å². The summed E-state index contributed by atoms with van der Waals surface area (Å²) in [4.78, 5) is 97.6. The van der Waals surface area contributed by atoms with Gasteiger partial charge in [0.05, 0.1) is 19.5 Å². The molecule has 26 nitrogen and oxygen atoms in total. The Morgan fingerprint density at radius 2 is 1.70 bits per heavy atom. The van der Waals surface area contributed by atoms with Crippen LogP contribution in [0.25, 0.3) is 11.2 Å². The van der Waals surface area contributed by atoms with Crippen molar-refractivity contribution in [1.82, 2.24) is 30.2 Å². The summed E-state index contributed by atoms with van der Waals surface area (Å²) >= 11 is 0.929. The van der Waals surface area contributed by atoms with Crippen LogP contribution in [0.5, 0.6) is 0 Å². The fraction of sp³-hybridized carbons (Fsp3) is 0.654. The van der Waals surface area contributed by atoms with Gasteiger partial charge >= 0.3 is 29.4 Å². The molecule has 1 aliphatic rings. The van der Waals surface area contributed by atoms with Gasteiger partial charge in [-0.05, 0) is 6.42 Å². The third kappa shape index (κ3) is 14.8. The first-order chi connectivity index (χ1) is 25.9. The number of amides is 2. The summed E-state index contributed by atoms with van der Waals surface area (Å²) in [5, 5.41) is 34.6. The molecule has 56 heavy (non-hydrogen) atoms. The molecule has 0 bridgehead atoms. The number of hydrogen-bond acceptors (Lipinski definition) is 19. The van der Waals surface area contributed by atoms with Crippen molar-refractivity contribution >= 4 is 75.1 Å². The highest BCUT2D eigenvalue weighted by Gasteiger charge is 2.50. The number of nitrogens with one attached hydrogen (secondary N) is 2. The lowest BCUT2D eigenvalue weighted by molar-refractivity contribution is -0.138. The lowest BCUT2D eigenvalue weighted by Crippen LogP contribution is -2.46. The van der Waals surface area contributed by atoms with E-state index >= 15 is 0 Å². The Balaban J connectivity index is 1.47. The van der Waals surface area contributed by atoms with Crippen LogP contribution >= 0.6 is 35.2 Å². The van der Waals surface area contributed by atoms with E-state index in [9.17, 15) is 62.7 Å². The van der Waals surface area contributed by atoms with Gasteiger partial charge in [0.25, 0.3) is 0 Å². The van der Waals surface area contributed by atoms with Gasteiger partial charge in [-0.3, -0.25) is 37.3 Å². The molecular weight excluding hydrogens is 839 g/mol. The van der Waals surface area contributed by atoms with E-state index in [1.54, 1.807) is 0 Å². The average Bonchev–Trinajstić information content (AvgIpc) is 3.64. The molecule has 1 fully saturated rings. The molecule has 3 rings (SSSR count). The topological polar surface area (TPSA) is 401 Å². The van der Waals surface area contributed by atoms with Crippen molar-refractivity contribution in [2.45, 2.75) is 70.2 Å². The molecule has 0 spiro atoms. The van der Waals surface area contributed by atoms with Crippen LogP contribution in [-0.2, 0) is 55.5 Å². The van der Waals surface area contributed by atoms with E-state index in [0.717, 1.165) is 29.0 Å². The quantitative estimate of drug-likeness (QED) is 0.0469. The molecule has 2 aromatic rings. The van der Waals surface area contributed by atoms with Crippen molar-refractivity contribution in [3.63, 3.8) is 0 Å². The smallest absolute Gasteiger partial charge is 0.481 e. The van der Waals surface area contributed by atoms with Gasteiger partial charge in [0.2, 0.25) is 11.8 Å². The van der Waals surface area contributed by atoms with E-state index in [1.807, 2.05) is 0 Å². The maximum atomic E-state index is 12.7. The maximum absolute atomic E-state index is 12.7. The largest absolute Gasteiger partial charge is 0.481 e. The van der Waals surface area contributed by atoms with Gasteiger partial charge in [0.15, 0.2) is 22.8 Å². The van der Waals surface area contributed by atoms with E-state index in [2.05, 4.69) is 34.4 Å². The fourth-order valence-electron chi connectivity index (χ4n) is 4.75. The number of rotatable bonds is 23. The van der Waals surface area contributed by atoms with Gasteiger partial charge in [0, 0.05) is 43.5 Å². The number of nitrogens with zero attached hydrogens (tertiary/aromatic N) is 4. The van der Waals surface area contributed by atoms with Crippen molar-refractivity contribution in [2.75, 3.05) is 37.8 Å². The number of carboxylic acids is 1. The van der Waals surface area contributed by atoms with Gasteiger partial charge < -0.3 is 56.0 Å². The number of anilines is 1. The Hall–Kier alpha value is -2.97. The van der Waals surface area contributed by atoms with Crippen molar-refractivity contribution in [3.05, 3.63) is 12.7 Å². The highest BCUT2D eigenvalue weighted by Crippen LogP contribution is 2.61. The molecule has 0 radical (unpaired) electrons. The second kappa shape index (κ2) is 20.1. The van der Waals surface area contributed by atoms with Crippen LogP contribution in [0.1, 0.15) is 45.8 Å². The number of carboxylic acid groups (broad SMARTS) is 1. The molecule has 2 amide bonds. The highest BCUT2D eigenvalue weighted by atomic mass is 32.2. The first-order valence-corrected chi connectivity index (χ1v) is 21.7. The number of carbonyl (C=O) groups excluding carboxylic acids is 3. The molecule has 3 heterocycles. The molecule has 0 saturated carbocycles. The van der Waals surface area contributed by atoms with Gasteiger partial charge in [-0.15, -0.1) is 0 Å². The van der Waals surface area contributed by atoms with Crippen LogP contribution in [0.4, 0.5) is 5.82 Å². The van der Waals surface area contributed by atoms with Gasteiger partial charge in [-0.25, -0.2) is 28.6 Å². The number of aliphatic hydroxyl groups excluding tert-OH is 2. The van der Waals surface area contributed by atoms with Crippen LogP contribution in [0, 0.1) is 5.41 Å². The second-order valence-electron chi connectivity index (χ2n) is 12.5. The summed E-state index contributed by atoms with van der Waals surface area (Å²) in [6.07, 6.45) is -6.92. The van der Waals surface area contributed by atoms with E-state index < -0.39 is 90.5 Å². The Labute approximate surface area is 321 Å². The Kier molecular flexibility index (Phi) is 17.0. The number of phosphoric ester groups is 3. The number of imidazole rings is 1. The predicted molar refractivity (Wildman–Crippen MR) is 189 cm³/mol. The number of fused-ring (bicyclic) bond motifs is 1. The van der Waals surface area contributed by atoms with Crippen molar-refractivity contribution < 1.29 is 90.4 Å². The van der Waals surface area contributed by atoms with Crippen LogP contribution in [0.2, 0.25) is 0 Å². The molecule has 1 saturated heterocycles. The number of aliphatic hydroxyl groups is 2. The van der Waals surface area contributed by atoms with E-state index in [1.165, 1.54) is 13.8 Å². The fourth-order valence-corrected chi connectivity index (χ4v) is 8.30. The first-order valence-electron chi connectivity index (χ1n) is 16.2. The lowest BCUT2D eigenvalue weighted by atomic mass is 9.87. The molecule has 7 unspecified atom stereocenters. The summed E-state index contributed by atoms with van der Waals surface area (Å²) < 4.78 is 61.9. The monoisotopic (exact) mass is 881 g/mol. The number of nitrogen functional groups attached to an aromatic ring is 1. The third-order valence-electron chi connectivity index (χ3n) is 7.54. The summed E-state index contributed by atoms with van der Waals surface area (Å²) in [6, 6.07) is 0. The minimum absolute atomic E-state index is 0.0208. The molecule has 0 aromatic carbocycles. The number of ether oxygens (including phenoxy) is 1. The number of thioether (sulfide) groups is 1. The average molecular weight is 882 g/mol. The molecule has 316 valence electrons. The Bertz CT molecular complexity index is 1860. The maximum Gasteiger partial charge on any atom is 0.481 e. The number of hydrogen-bond donors (Lipinski definition) is 10. The minimum atomic E-state index is -5.58. The van der Waals surface area contributed by atoms with Crippen LogP contribution in [-0.4, -0.2) is 134 Å². The highest BCUT2D eigenvalue weighted by molar-refractivity contribution is 8.13. The van der Waals surface area contributed by atoms with Crippen molar-refractivity contribution in [2.24, 2.45) is 5.41 Å². The zero-order valence-electron chi connectivity index (χ0n) is 29.6. The van der Waals surface area contributed by atoms with Crippen LogP contribution in [0.15, 0.2) is 12.7 Å². The normalized spacial score (nSPS) is 21.6. The minimum Gasteiger partial charge on any atom is -0.481 e. The third-order valence-corrected chi connectivity index (χ3v) is 11.6. The van der Waals surface area contributed by atoms with Crippen LogP contribution in [0.3, 0.4) is 0 Å². The zero-order chi connectivity index (χ0) is 42.1. The van der Waals surface area contributed by atoms with Crippen molar-refractivity contribution in [1.29, 1.82) is 0 Å². The first kappa shape index (κ1) is 47.4. The van der Waals surface area contributed by atoms with Crippen LogP contribution < -0.4 is 16.4 Å². The number of aromatic nitrogens is 4. The van der Waals surface area contributed by atoms with Gasteiger partial charge in [-0.1, -0.05) is 25.6 Å². The molecule has 7 atom stereocenters. The SMILES string of the molecule is CC(C)(COP(=O)(O)OP(=O)(O)OCC1OC(n2cnc3c(N)ncnc32)C(O)C1OP(=O)(O)O)C(O)C(=O)NCCC(=O)NCCSC(=O)CCCC(=O)O. The number of aliphatic carboxylic acids is 1.